The molecule has 2 heterocycles. The molecular weight excluding hydrogens is 422 g/mol. The first-order valence-electron chi connectivity index (χ1n) is 8.82. The van der Waals surface area contributed by atoms with E-state index in [-0.39, 0.29) is 16.3 Å². The highest BCUT2D eigenvalue weighted by Crippen LogP contribution is 2.51. The third-order valence-electron chi connectivity index (χ3n) is 5.21. The van der Waals surface area contributed by atoms with Crippen LogP contribution in [0.15, 0.2) is 53.4 Å². The minimum absolute atomic E-state index is 0.0541. The maximum atomic E-state index is 14.2. The molecule has 4 rings (SSSR count). The van der Waals surface area contributed by atoms with Gasteiger partial charge in [-0.15, -0.1) is 0 Å². The molecule has 0 unspecified atom stereocenters. The smallest absolute Gasteiger partial charge is 0.329 e. The molecule has 152 valence electrons. The number of alkyl halides is 3. The highest BCUT2D eigenvalue weighted by molar-refractivity contribution is 7.93. The number of hydrogen-bond acceptors (Lipinski definition) is 3. The quantitative estimate of drug-likeness (QED) is 0.564. The summed E-state index contributed by atoms with van der Waals surface area (Å²) in [4.78, 5) is 12.8. The molecule has 0 saturated carbocycles. The van der Waals surface area contributed by atoms with E-state index in [0.29, 0.717) is 15.2 Å². The Hall–Kier alpha value is -2.45. The zero-order valence-corrected chi connectivity index (χ0v) is 17.1. The average Bonchev–Trinajstić information content (AvgIpc) is 2.93. The fraction of sp³-hybridized carbons (Fsp3) is 0.250. The fourth-order valence-electron chi connectivity index (χ4n) is 3.82. The van der Waals surface area contributed by atoms with E-state index in [1.165, 1.54) is 16.7 Å². The van der Waals surface area contributed by atoms with Crippen LogP contribution in [0.25, 0.3) is 10.9 Å². The fourth-order valence-corrected chi connectivity index (χ4v) is 5.49. The molecule has 0 saturated heterocycles. The van der Waals surface area contributed by atoms with Crippen LogP contribution >= 0.6 is 11.6 Å². The molecular formula is C20H17ClF2N2O3S. The summed E-state index contributed by atoms with van der Waals surface area (Å²) in [5.74, 6) is -2.69. The van der Waals surface area contributed by atoms with E-state index in [1.54, 1.807) is 50.4 Å². The summed E-state index contributed by atoms with van der Waals surface area (Å²) in [7, 11) is -2.76. The molecule has 0 fully saturated rings. The number of carbonyl (C=O) groups excluding carboxylic acids is 1. The van der Waals surface area contributed by atoms with Crippen molar-refractivity contribution in [2.24, 2.45) is 7.05 Å². The zero-order valence-electron chi connectivity index (χ0n) is 15.6. The van der Waals surface area contributed by atoms with Crippen LogP contribution in [0.3, 0.4) is 0 Å². The predicted octanol–water partition coefficient (Wildman–Crippen LogP) is 4.53. The zero-order chi connectivity index (χ0) is 21.1. The van der Waals surface area contributed by atoms with Crippen LogP contribution in [0.1, 0.15) is 23.5 Å². The number of carbonyl (C=O) groups is 1. The Morgan fingerprint density at radius 3 is 2.34 bits per heavy atom. The number of fused-ring (bicyclic) bond motifs is 3. The van der Waals surface area contributed by atoms with Gasteiger partial charge in [0, 0.05) is 29.9 Å². The van der Waals surface area contributed by atoms with Crippen molar-refractivity contribution in [2.45, 2.75) is 29.5 Å². The second kappa shape index (κ2) is 6.53. The lowest BCUT2D eigenvalue weighted by molar-refractivity contribution is -0.119. The first-order valence-corrected chi connectivity index (χ1v) is 10.6. The first kappa shape index (κ1) is 19.8. The molecule has 1 aliphatic heterocycles. The van der Waals surface area contributed by atoms with Crippen LogP contribution in [0.4, 0.5) is 14.6 Å². The molecule has 2 aromatic carbocycles. The summed E-state index contributed by atoms with van der Waals surface area (Å²) in [5, 5.41) is -3.28. The molecule has 29 heavy (non-hydrogen) atoms. The Kier molecular flexibility index (Phi) is 4.47. The van der Waals surface area contributed by atoms with Crippen molar-refractivity contribution in [2.75, 3.05) is 4.31 Å². The van der Waals surface area contributed by atoms with E-state index in [0.717, 1.165) is 5.56 Å². The van der Waals surface area contributed by atoms with Gasteiger partial charge in [0.05, 0.1) is 10.8 Å². The third kappa shape index (κ3) is 3.02. The number of anilines is 1. The second-order valence-electron chi connectivity index (χ2n) is 7.09. The van der Waals surface area contributed by atoms with Gasteiger partial charge in [0.25, 0.3) is 10.0 Å². The van der Waals surface area contributed by atoms with E-state index in [2.05, 4.69) is 0 Å². The number of benzene rings is 2. The van der Waals surface area contributed by atoms with Gasteiger partial charge in [0.2, 0.25) is 5.91 Å². The third-order valence-corrected chi connectivity index (χ3v) is 7.20. The normalized spacial score (nSPS) is 17.6. The summed E-state index contributed by atoms with van der Waals surface area (Å²) < 4.78 is 57.2. The van der Waals surface area contributed by atoms with Crippen LogP contribution in [0.2, 0.25) is 0 Å². The molecule has 1 aliphatic rings. The topological polar surface area (TPSA) is 59.4 Å². The Bertz CT molecular complexity index is 1230. The van der Waals surface area contributed by atoms with Gasteiger partial charge in [-0.25, -0.2) is 8.42 Å². The summed E-state index contributed by atoms with van der Waals surface area (Å²) in [5.41, 5.74) is 1.43. The first-order chi connectivity index (χ1) is 13.5. The number of sulfonamides is 1. The van der Waals surface area contributed by atoms with Gasteiger partial charge in [-0.3, -0.25) is 4.79 Å². The minimum Gasteiger partial charge on any atom is -0.329 e. The van der Waals surface area contributed by atoms with E-state index in [9.17, 15) is 22.0 Å². The van der Waals surface area contributed by atoms with Crippen molar-refractivity contribution in [1.29, 1.82) is 0 Å². The second-order valence-corrected chi connectivity index (χ2v) is 9.38. The number of para-hydroxylation sites is 1. The molecule has 3 aromatic rings. The Morgan fingerprint density at radius 2 is 1.72 bits per heavy atom. The number of halogens is 3. The van der Waals surface area contributed by atoms with E-state index in [1.807, 2.05) is 0 Å². The molecule has 9 heteroatoms. The SMILES string of the molecule is Cc1ccc(S(=O)(=O)N2C(=O)C[C@H](C(F)(F)Cl)c3c2n(C)c2ccccc32)cc1. The van der Waals surface area contributed by atoms with Crippen molar-refractivity contribution in [1.82, 2.24) is 4.57 Å². The monoisotopic (exact) mass is 438 g/mol. The van der Waals surface area contributed by atoms with Crippen LogP contribution in [-0.4, -0.2) is 24.3 Å². The summed E-state index contributed by atoms with van der Waals surface area (Å²) in [6, 6.07) is 12.7. The number of amides is 1. The Balaban J connectivity index is 2.03. The van der Waals surface area contributed by atoms with Gasteiger partial charge in [-0.05, 0) is 36.7 Å². The maximum Gasteiger partial charge on any atom is 0.329 e. The van der Waals surface area contributed by atoms with Crippen LogP contribution in [0.5, 0.6) is 0 Å². The summed E-state index contributed by atoms with van der Waals surface area (Å²) >= 11 is 5.35. The highest BCUT2D eigenvalue weighted by atomic mass is 35.5. The molecule has 1 amide bonds. The molecule has 5 nitrogen and oxygen atoms in total. The summed E-state index contributed by atoms with van der Waals surface area (Å²) in [6.07, 6.45) is -0.720. The molecule has 0 N–H and O–H groups in total. The number of rotatable bonds is 3. The molecule has 1 atom stereocenters. The van der Waals surface area contributed by atoms with Crippen LogP contribution in [0, 0.1) is 6.92 Å². The number of nitrogens with zero attached hydrogens (tertiary/aromatic N) is 2. The lowest BCUT2D eigenvalue weighted by Crippen LogP contribution is -2.44. The molecule has 0 aliphatic carbocycles. The number of aromatic nitrogens is 1. The molecule has 0 radical (unpaired) electrons. The largest absolute Gasteiger partial charge is 0.329 e. The van der Waals surface area contributed by atoms with Crippen molar-refractivity contribution in [3.63, 3.8) is 0 Å². The number of aryl methyl sites for hydroxylation is 2. The molecule has 0 bridgehead atoms. The minimum atomic E-state index is -4.31. The van der Waals surface area contributed by atoms with Crippen molar-refractivity contribution < 1.29 is 22.0 Å². The average molecular weight is 439 g/mol. The summed E-state index contributed by atoms with van der Waals surface area (Å²) in [6.45, 7) is 1.80. The van der Waals surface area contributed by atoms with Crippen molar-refractivity contribution in [3.8, 4) is 0 Å². The van der Waals surface area contributed by atoms with Crippen LogP contribution in [-0.2, 0) is 21.9 Å². The molecule has 1 aromatic heterocycles. The van der Waals surface area contributed by atoms with E-state index >= 15 is 0 Å². The van der Waals surface area contributed by atoms with E-state index in [4.69, 9.17) is 11.6 Å². The van der Waals surface area contributed by atoms with Crippen molar-refractivity contribution >= 4 is 44.3 Å². The Morgan fingerprint density at radius 1 is 1.10 bits per heavy atom. The van der Waals surface area contributed by atoms with Gasteiger partial charge in [0.15, 0.2) is 0 Å². The van der Waals surface area contributed by atoms with Gasteiger partial charge in [-0.2, -0.15) is 13.1 Å². The van der Waals surface area contributed by atoms with Crippen molar-refractivity contribution in [3.05, 3.63) is 59.7 Å². The lowest BCUT2D eigenvalue weighted by atomic mass is 9.91. The lowest BCUT2D eigenvalue weighted by Gasteiger charge is -2.33. The van der Waals surface area contributed by atoms with E-state index < -0.39 is 33.7 Å². The molecule has 0 spiro atoms. The van der Waals surface area contributed by atoms with Gasteiger partial charge < -0.3 is 4.57 Å². The maximum absolute atomic E-state index is 14.2. The standard InChI is InChI=1S/C20H17ClF2N2O3S/c1-12-7-9-13(10-8-12)29(27,28)25-17(26)11-15(20(21,22)23)18-14-5-3-4-6-16(14)24(2)19(18)25/h3-10,15H,11H2,1-2H3/t15-/m0/s1. The highest BCUT2D eigenvalue weighted by Gasteiger charge is 2.50. The predicted molar refractivity (Wildman–Crippen MR) is 107 cm³/mol. The van der Waals surface area contributed by atoms with Gasteiger partial charge in [-0.1, -0.05) is 35.9 Å². The van der Waals surface area contributed by atoms with Crippen LogP contribution < -0.4 is 4.31 Å². The van der Waals surface area contributed by atoms with Gasteiger partial charge in [0.1, 0.15) is 5.82 Å². The Labute approximate surface area is 171 Å². The number of hydrogen-bond donors (Lipinski definition) is 0. The van der Waals surface area contributed by atoms with Gasteiger partial charge >= 0.3 is 5.38 Å².